The van der Waals surface area contributed by atoms with Gasteiger partial charge in [0.05, 0.1) is 12.7 Å². The molecule has 0 spiro atoms. The summed E-state index contributed by atoms with van der Waals surface area (Å²) in [5.41, 5.74) is 1.40. The standard InChI is InChI=1S/C30H58O3/c1-24(2)13-8-14-25(3)15-9-16-26(4)17-10-18-27(5)19-12-22-30(32)33-23-28(6)20-11-21-29(7)31/h19,24-26,28-29,31H,8-18,20-23H2,1-7H3/b27-19+. The molecule has 0 amide bonds. The molecule has 3 nitrogen and oxygen atoms in total. The lowest BCUT2D eigenvalue weighted by molar-refractivity contribution is -0.144. The Kier molecular flexibility index (Phi) is 20.0. The molecular weight excluding hydrogens is 408 g/mol. The van der Waals surface area contributed by atoms with Gasteiger partial charge >= 0.3 is 5.97 Å². The van der Waals surface area contributed by atoms with Crippen LogP contribution in [0.3, 0.4) is 0 Å². The highest BCUT2D eigenvalue weighted by Crippen LogP contribution is 2.22. The minimum Gasteiger partial charge on any atom is -0.465 e. The van der Waals surface area contributed by atoms with E-state index in [1.807, 2.05) is 6.92 Å². The average molecular weight is 467 g/mol. The van der Waals surface area contributed by atoms with Crippen molar-refractivity contribution in [3.05, 3.63) is 11.6 Å². The second kappa shape index (κ2) is 20.5. The topological polar surface area (TPSA) is 46.5 Å². The van der Waals surface area contributed by atoms with Crippen molar-refractivity contribution in [2.24, 2.45) is 23.7 Å². The number of hydrogen-bond donors (Lipinski definition) is 1. The molecule has 0 rings (SSSR count). The van der Waals surface area contributed by atoms with Gasteiger partial charge in [0.2, 0.25) is 0 Å². The van der Waals surface area contributed by atoms with Crippen LogP contribution in [-0.4, -0.2) is 23.8 Å². The summed E-state index contributed by atoms with van der Waals surface area (Å²) >= 11 is 0. The van der Waals surface area contributed by atoms with Gasteiger partial charge in [0.1, 0.15) is 0 Å². The number of esters is 1. The number of aliphatic hydroxyl groups excluding tert-OH is 1. The molecule has 4 unspecified atom stereocenters. The van der Waals surface area contributed by atoms with Crippen LogP contribution in [0.5, 0.6) is 0 Å². The Morgan fingerprint density at radius 1 is 0.727 bits per heavy atom. The highest BCUT2D eigenvalue weighted by Gasteiger charge is 2.09. The first-order valence-electron chi connectivity index (χ1n) is 14.1. The van der Waals surface area contributed by atoms with Crippen LogP contribution < -0.4 is 0 Å². The molecule has 0 aromatic rings. The fourth-order valence-corrected chi connectivity index (χ4v) is 4.40. The number of aliphatic hydroxyl groups is 1. The zero-order valence-electron chi connectivity index (χ0n) is 23.3. The summed E-state index contributed by atoms with van der Waals surface area (Å²) < 4.78 is 5.41. The highest BCUT2D eigenvalue weighted by molar-refractivity contribution is 5.69. The van der Waals surface area contributed by atoms with Crippen molar-refractivity contribution in [3.63, 3.8) is 0 Å². The summed E-state index contributed by atoms with van der Waals surface area (Å²) in [7, 11) is 0. The van der Waals surface area contributed by atoms with Gasteiger partial charge < -0.3 is 9.84 Å². The zero-order valence-corrected chi connectivity index (χ0v) is 23.3. The summed E-state index contributed by atoms with van der Waals surface area (Å²) in [5.74, 6) is 2.81. The van der Waals surface area contributed by atoms with Crippen molar-refractivity contribution in [1.82, 2.24) is 0 Å². The maximum atomic E-state index is 12.0. The van der Waals surface area contributed by atoms with E-state index in [1.54, 1.807) is 0 Å². The molecule has 0 aliphatic heterocycles. The maximum Gasteiger partial charge on any atom is 0.306 e. The van der Waals surface area contributed by atoms with Crippen LogP contribution in [0, 0.1) is 23.7 Å². The lowest BCUT2D eigenvalue weighted by Crippen LogP contribution is -2.12. The summed E-state index contributed by atoms with van der Waals surface area (Å²) in [6, 6.07) is 0. The molecule has 0 fully saturated rings. The first-order valence-corrected chi connectivity index (χ1v) is 14.1. The van der Waals surface area contributed by atoms with Crippen LogP contribution in [0.2, 0.25) is 0 Å². The van der Waals surface area contributed by atoms with Crippen molar-refractivity contribution in [1.29, 1.82) is 0 Å². The van der Waals surface area contributed by atoms with Crippen molar-refractivity contribution in [3.8, 4) is 0 Å². The molecule has 196 valence electrons. The van der Waals surface area contributed by atoms with E-state index in [9.17, 15) is 9.90 Å². The predicted octanol–water partition coefficient (Wildman–Crippen LogP) is 8.88. The highest BCUT2D eigenvalue weighted by atomic mass is 16.5. The van der Waals surface area contributed by atoms with Crippen LogP contribution >= 0.6 is 0 Å². The predicted molar refractivity (Wildman–Crippen MR) is 143 cm³/mol. The summed E-state index contributed by atoms with van der Waals surface area (Å²) in [6.45, 7) is 16.1. The molecule has 0 bridgehead atoms. The first kappa shape index (κ1) is 32.2. The number of carbonyl (C=O) groups is 1. The zero-order chi connectivity index (χ0) is 25.1. The molecule has 0 aromatic heterocycles. The van der Waals surface area contributed by atoms with Crippen molar-refractivity contribution in [2.45, 2.75) is 144 Å². The van der Waals surface area contributed by atoms with E-state index in [0.29, 0.717) is 18.9 Å². The van der Waals surface area contributed by atoms with Gasteiger partial charge in [-0.25, -0.2) is 0 Å². The molecule has 4 atom stereocenters. The Balaban J connectivity index is 3.76. The number of allylic oxidation sites excluding steroid dienone is 2. The van der Waals surface area contributed by atoms with Crippen LogP contribution in [0.25, 0.3) is 0 Å². The van der Waals surface area contributed by atoms with E-state index in [1.165, 1.54) is 56.9 Å². The molecule has 0 aliphatic rings. The largest absolute Gasteiger partial charge is 0.465 e. The molecule has 3 heteroatoms. The van der Waals surface area contributed by atoms with Crippen molar-refractivity contribution >= 4 is 5.97 Å². The molecule has 0 aliphatic carbocycles. The Morgan fingerprint density at radius 2 is 1.24 bits per heavy atom. The van der Waals surface area contributed by atoms with Gasteiger partial charge in [0, 0.05) is 6.42 Å². The molecule has 0 aromatic carbocycles. The summed E-state index contributed by atoms with van der Waals surface area (Å²) in [4.78, 5) is 12.0. The van der Waals surface area contributed by atoms with E-state index in [-0.39, 0.29) is 12.1 Å². The normalized spacial score (nSPS) is 16.0. The third-order valence-corrected chi connectivity index (χ3v) is 6.83. The molecule has 0 saturated heterocycles. The number of hydrogen-bond acceptors (Lipinski definition) is 3. The quantitative estimate of drug-likeness (QED) is 0.136. The molecule has 0 heterocycles. The summed E-state index contributed by atoms with van der Waals surface area (Å²) in [5, 5.41) is 9.30. The third-order valence-electron chi connectivity index (χ3n) is 6.83. The number of carbonyl (C=O) groups excluding carboxylic acids is 1. The second-order valence-electron chi connectivity index (χ2n) is 11.5. The Hall–Kier alpha value is -0.830. The van der Waals surface area contributed by atoms with Crippen LogP contribution in [0.1, 0.15) is 138 Å². The summed E-state index contributed by atoms with van der Waals surface area (Å²) in [6.07, 6.45) is 18.0. The van der Waals surface area contributed by atoms with Crippen LogP contribution in [-0.2, 0) is 9.53 Å². The third kappa shape index (κ3) is 22.7. The number of rotatable bonds is 21. The van der Waals surface area contributed by atoms with Crippen LogP contribution in [0.15, 0.2) is 11.6 Å². The molecule has 0 radical (unpaired) electrons. The van der Waals surface area contributed by atoms with Gasteiger partial charge in [-0.3, -0.25) is 4.79 Å². The molecule has 33 heavy (non-hydrogen) atoms. The van der Waals surface area contributed by atoms with E-state index < -0.39 is 0 Å². The lowest BCUT2D eigenvalue weighted by Gasteiger charge is -2.15. The van der Waals surface area contributed by atoms with Gasteiger partial charge in [-0.05, 0) is 69.6 Å². The minimum atomic E-state index is -0.240. The SMILES string of the molecule is C/C(=C\CCC(=O)OCC(C)CCCC(C)O)CCCC(C)CCCC(C)CCCC(C)C. The fourth-order valence-electron chi connectivity index (χ4n) is 4.40. The van der Waals surface area contributed by atoms with Gasteiger partial charge in [-0.2, -0.15) is 0 Å². The van der Waals surface area contributed by atoms with E-state index in [2.05, 4.69) is 47.6 Å². The van der Waals surface area contributed by atoms with E-state index in [0.717, 1.165) is 49.9 Å². The maximum absolute atomic E-state index is 12.0. The fraction of sp³-hybridized carbons (Fsp3) is 0.900. The molecular formula is C30H58O3. The molecule has 0 saturated carbocycles. The Bertz CT molecular complexity index is 495. The van der Waals surface area contributed by atoms with Gasteiger partial charge in [-0.15, -0.1) is 0 Å². The smallest absolute Gasteiger partial charge is 0.306 e. The Labute approximate surface area is 207 Å². The van der Waals surface area contributed by atoms with Gasteiger partial charge in [0.25, 0.3) is 0 Å². The Morgan fingerprint density at radius 3 is 1.82 bits per heavy atom. The van der Waals surface area contributed by atoms with Gasteiger partial charge in [-0.1, -0.05) is 97.6 Å². The lowest BCUT2D eigenvalue weighted by atomic mass is 9.91. The minimum absolute atomic E-state index is 0.0894. The van der Waals surface area contributed by atoms with Crippen molar-refractivity contribution < 1.29 is 14.6 Å². The van der Waals surface area contributed by atoms with E-state index >= 15 is 0 Å². The first-order chi connectivity index (χ1) is 15.6. The second-order valence-corrected chi connectivity index (χ2v) is 11.5. The average Bonchev–Trinajstić information content (AvgIpc) is 2.71. The molecule has 1 N–H and O–H groups in total. The van der Waals surface area contributed by atoms with Crippen molar-refractivity contribution in [2.75, 3.05) is 6.61 Å². The van der Waals surface area contributed by atoms with Gasteiger partial charge in [0.15, 0.2) is 0 Å². The monoisotopic (exact) mass is 466 g/mol. The van der Waals surface area contributed by atoms with E-state index in [4.69, 9.17) is 4.74 Å². The van der Waals surface area contributed by atoms with Crippen LogP contribution in [0.4, 0.5) is 0 Å². The number of ether oxygens (including phenoxy) is 1.